The molecule has 2 unspecified atom stereocenters. The minimum Gasteiger partial charge on any atom is -0.394 e. The fourth-order valence-electron chi connectivity index (χ4n) is 5.60. The lowest BCUT2D eigenvalue weighted by Crippen LogP contribution is -2.57. The number of carbonyl (C=O) groups excluding carboxylic acids is 3. The molecule has 1 aromatic carbocycles. The van der Waals surface area contributed by atoms with Crippen LogP contribution in [0.4, 0.5) is 5.69 Å². The predicted octanol–water partition coefficient (Wildman–Crippen LogP) is 1.42. The van der Waals surface area contributed by atoms with Gasteiger partial charge in [0.2, 0.25) is 17.7 Å². The van der Waals surface area contributed by atoms with Crippen molar-refractivity contribution in [3.63, 3.8) is 0 Å². The average Bonchev–Trinajstić information content (AvgIpc) is 3.37. The lowest BCUT2D eigenvalue weighted by molar-refractivity contribution is -0.145. The molecule has 168 valence electrons. The van der Waals surface area contributed by atoms with Crippen molar-refractivity contribution in [2.45, 2.75) is 50.5 Å². The maximum absolute atomic E-state index is 13.7. The first-order valence-corrected chi connectivity index (χ1v) is 11.0. The number of likely N-dealkylation sites (tertiary alicyclic amines) is 1. The van der Waals surface area contributed by atoms with Gasteiger partial charge in [0.05, 0.1) is 41.3 Å². The van der Waals surface area contributed by atoms with E-state index >= 15 is 0 Å². The summed E-state index contributed by atoms with van der Waals surface area (Å²) in [6.45, 7) is 3.48. The van der Waals surface area contributed by atoms with Crippen LogP contribution in [0.5, 0.6) is 0 Å². The van der Waals surface area contributed by atoms with Crippen molar-refractivity contribution in [1.82, 2.24) is 10.2 Å². The monoisotopic (exact) mass is 449 g/mol. The number of hydrogen-bond acceptors (Lipinski definition) is 5. The summed E-state index contributed by atoms with van der Waals surface area (Å²) in [4.78, 5) is 41.4. The quantitative estimate of drug-likeness (QED) is 0.608. The number of para-hydroxylation sites is 1. The fourth-order valence-corrected chi connectivity index (χ4v) is 5.78. The lowest BCUT2D eigenvalue weighted by Gasteiger charge is -2.38. The van der Waals surface area contributed by atoms with Crippen molar-refractivity contribution in [2.75, 3.05) is 19.0 Å². The molecule has 31 heavy (non-hydrogen) atoms. The second-order valence-electron chi connectivity index (χ2n) is 8.88. The zero-order valence-electron chi connectivity index (χ0n) is 17.8. The van der Waals surface area contributed by atoms with Crippen molar-refractivity contribution >= 4 is 35.0 Å². The Labute approximate surface area is 186 Å². The molecule has 6 atom stereocenters. The molecule has 8 nitrogen and oxygen atoms in total. The second-order valence-corrected chi connectivity index (χ2v) is 9.29. The van der Waals surface area contributed by atoms with E-state index in [1.807, 2.05) is 13.8 Å². The van der Waals surface area contributed by atoms with Gasteiger partial charge in [0, 0.05) is 7.05 Å². The number of amides is 3. The summed E-state index contributed by atoms with van der Waals surface area (Å²) in [5.74, 6) is -2.53. The molecule has 1 aromatic rings. The molecule has 4 rings (SSSR count). The Morgan fingerprint density at radius 3 is 2.65 bits per heavy atom. The molecule has 3 heterocycles. The third kappa shape index (κ3) is 3.23. The predicted molar refractivity (Wildman–Crippen MR) is 114 cm³/mol. The topological polar surface area (TPSA) is 108 Å². The maximum atomic E-state index is 13.7. The second kappa shape index (κ2) is 8.07. The minimum absolute atomic E-state index is 0.101. The number of rotatable bonds is 6. The van der Waals surface area contributed by atoms with Crippen molar-refractivity contribution in [3.8, 4) is 0 Å². The Morgan fingerprint density at radius 1 is 1.32 bits per heavy atom. The highest BCUT2D eigenvalue weighted by molar-refractivity contribution is 6.33. The SMILES string of the molecule is CNC(=O)[C@@H]1[C@@H]2CCC3(O2)C(C(=O)Nc2ccccc2Cl)N([C@@H](CO)C(C)C)C(=O)[C@H]13. The summed E-state index contributed by atoms with van der Waals surface area (Å²) in [5, 5.41) is 15.9. The lowest BCUT2D eigenvalue weighted by atomic mass is 9.70. The molecule has 3 saturated heterocycles. The van der Waals surface area contributed by atoms with E-state index in [0.717, 1.165) is 0 Å². The molecule has 9 heteroatoms. The largest absolute Gasteiger partial charge is 0.394 e. The molecular formula is C22H28ClN3O5. The van der Waals surface area contributed by atoms with Gasteiger partial charge in [-0.1, -0.05) is 37.6 Å². The normalized spacial score (nSPS) is 32.3. The van der Waals surface area contributed by atoms with E-state index in [-0.39, 0.29) is 24.3 Å². The van der Waals surface area contributed by atoms with E-state index in [2.05, 4.69) is 10.6 Å². The maximum Gasteiger partial charge on any atom is 0.250 e. The van der Waals surface area contributed by atoms with E-state index in [9.17, 15) is 19.5 Å². The number of halogens is 1. The Morgan fingerprint density at radius 2 is 2.03 bits per heavy atom. The van der Waals surface area contributed by atoms with E-state index in [1.54, 1.807) is 24.3 Å². The minimum atomic E-state index is -1.10. The van der Waals surface area contributed by atoms with Gasteiger partial charge in [-0.05, 0) is 30.9 Å². The fraction of sp³-hybridized carbons (Fsp3) is 0.591. The summed E-state index contributed by atoms with van der Waals surface area (Å²) in [6.07, 6.45) is 0.685. The molecule has 0 saturated carbocycles. The van der Waals surface area contributed by atoms with Gasteiger partial charge in [0.25, 0.3) is 0 Å². The summed E-state index contributed by atoms with van der Waals surface area (Å²) in [6, 6.07) is 5.31. The van der Waals surface area contributed by atoms with Crippen LogP contribution in [-0.4, -0.2) is 65.2 Å². The van der Waals surface area contributed by atoms with E-state index < -0.39 is 41.5 Å². The van der Waals surface area contributed by atoms with Gasteiger partial charge in [0.1, 0.15) is 11.6 Å². The zero-order chi connectivity index (χ0) is 22.5. The van der Waals surface area contributed by atoms with E-state index in [4.69, 9.17) is 16.3 Å². The van der Waals surface area contributed by atoms with Gasteiger partial charge < -0.3 is 25.4 Å². The molecule has 3 fully saturated rings. The highest BCUT2D eigenvalue weighted by Crippen LogP contribution is 2.59. The first-order chi connectivity index (χ1) is 14.8. The van der Waals surface area contributed by atoms with Crippen LogP contribution in [0.2, 0.25) is 5.02 Å². The van der Waals surface area contributed by atoms with Gasteiger partial charge in [-0.15, -0.1) is 0 Å². The summed E-state index contributed by atoms with van der Waals surface area (Å²) in [7, 11) is 1.53. The van der Waals surface area contributed by atoms with Gasteiger partial charge in [-0.3, -0.25) is 14.4 Å². The number of anilines is 1. The van der Waals surface area contributed by atoms with Crippen molar-refractivity contribution in [3.05, 3.63) is 29.3 Å². The van der Waals surface area contributed by atoms with Crippen LogP contribution in [0, 0.1) is 17.8 Å². The van der Waals surface area contributed by atoms with Crippen LogP contribution in [0.25, 0.3) is 0 Å². The molecule has 0 radical (unpaired) electrons. The number of carbonyl (C=O) groups is 3. The Kier molecular flexibility index (Phi) is 5.74. The van der Waals surface area contributed by atoms with Crippen LogP contribution in [0.15, 0.2) is 24.3 Å². The first-order valence-electron chi connectivity index (χ1n) is 10.6. The number of nitrogens with one attached hydrogen (secondary N) is 2. The number of fused-ring (bicyclic) bond motifs is 1. The third-order valence-corrected chi connectivity index (χ3v) is 7.31. The molecule has 3 aliphatic heterocycles. The molecule has 3 N–H and O–H groups in total. The van der Waals surface area contributed by atoms with Crippen LogP contribution in [0.1, 0.15) is 26.7 Å². The molecular weight excluding hydrogens is 422 g/mol. The zero-order valence-corrected chi connectivity index (χ0v) is 18.6. The van der Waals surface area contributed by atoms with E-state index in [1.165, 1.54) is 11.9 Å². The third-order valence-electron chi connectivity index (χ3n) is 6.98. The Balaban J connectivity index is 1.78. The summed E-state index contributed by atoms with van der Waals surface area (Å²) in [5.41, 5.74) is -0.672. The Hall–Kier alpha value is -2.16. The van der Waals surface area contributed by atoms with Crippen LogP contribution in [-0.2, 0) is 19.1 Å². The smallest absolute Gasteiger partial charge is 0.250 e. The van der Waals surface area contributed by atoms with Crippen molar-refractivity contribution in [2.24, 2.45) is 17.8 Å². The Bertz CT molecular complexity index is 909. The number of aliphatic hydroxyl groups excluding tert-OH is 1. The molecule has 3 aliphatic rings. The number of ether oxygens (including phenoxy) is 1. The standard InChI is InChI=1S/C22H28ClN3O5/c1-11(2)14(10-27)26-18(20(29)25-13-7-5-4-6-12(13)23)22-9-8-15(31-22)16(19(28)24-3)17(22)21(26)30/h4-7,11,14-18,27H,8-10H2,1-3H3,(H,24,28)(H,25,29)/t14-,15-,16+,17-,18?,22?/m0/s1. The van der Waals surface area contributed by atoms with Crippen molar-refractivity contribution < 1.29 is 24.2 Å². The van der Waals surface area contributed by atoms with Crippen molar-refractivity contribution in [1.29, 1.82) is 0 Å². The highest BCUT2D eigenvalue weighted by Gasteiger charge is 2.75. The van der Waals surface area contributed by atoms with Gasteiger partial charge in [-0.2, -0.15) is 0 Å². The molecule has 3 amide bonds. The molecule has 2 bridgehead atoms. The summed E-state index contributed by atoms with van der Waals surface area (Å²) < 4.78 is 6.30. The van der Waals surface area contributed by atoms with Gasteiger partial charge in [0.15, 0.2) is 0 Å². The van der Waals surface area contributed by atoms with Crippen LogP contribution < -0.4 is 10.6 Å². The molecule has 0 aromatic heterocycles. The van der Waals surface area contributed by atoms with Crippen LogP contribution in [0.3, 0.4) is 0 Å². The number of hydrogen-bond donors (Lipinski definition) is 3. The average molecular weight is 450 g/mol. The highest BCUT2D eigenvalue weighted by atomic mass is 35.5. The number of aliphatic hydroxyl groups is 1. The van der Waals surface area contributed by atoms with E-state index in [0.29, 0.717) is 23.6 Å². The number of benzene rings is 1. The first kappa shape index (κ1) is 22.0. The number of nitrogens with zero attached hydrogens (tertiary/aromatic N) is 1. The molecule has 1 spiro atoms. The van der Waals surface area contributed by atoms with Gasteiger partial charge >= 0.3 is 0 Å². The van der Waals surface area contributed by atoms with Gasteiger partial charge in [-0.25, -0.2) is 0 Å². The van der Waals surface area contributed by atoms with Crippen LogP contribution >= 0.6 is 11.6 Å². The summed E-state index contributed by atoms with van der Waals surface area (Å²) >= 11 is 6.23. The molecule has 0 aliphatic carbocycles.